The van der Waals surface area contributed by atoms with Gasteiger partial charge in [0.2, 0.25) is 0 Å². The van der Waals surface area contributed by atoms with Gasteiger partial charge in [-0.25, -0.2) is 4.79 Å². The largest absolute Gasteiger partial charge is 0.478 e. The number of halogens is 1. The summed E-state index contributed by atoms with van der Waals surface area (Å²) in [5.41, 5.74) is -0.0203. The van der Waals surface area contributed by atoms with Crippen LogP contribution in [-0.4, -0.2) is 11.1 Å². The molecule has 0 aromatic heterocycles. The SMILES string of the molecule is C=C(/C=C(Cl)\C=C/C)C(=O)O. The van der Waals surface area contributed by atoms with Gasteiger partial charge in [-0.1, -0.05) is 24.3 Å². The van der Waals surface area contributed by atoms with Gasteiger partial charge in [0.25, 0.3) is 0 Å². The lowest BCUT2D eigenvalue weighted by Crippen LogP contribution is -1.95. The van der Waals surface area contributed by atoms with E-state index in [4.69, 9.17) is 16.7 Å². The third-order valence-corrected chi connectivity index (χ3v) is 1.15. The van der Waals surface area contributed by atoms with Gasteiger partial charge in [0.15, 0.2) is 0 Å². The number of hydrogen-bond donors (Lipinski definition) is 1. The molecule has 1 N–H and O–H groups in total. The maximum atomic E-state index is 10.2. The van der Waals surface area contributed by atoms with Crippen LogP contribution in [0.2, 0.25) is 0 Å². The maximum Gasteiger partial charge on any atom is 0.335 e. The zero-order chi connectivity index (χ0) is 8.85. The van der Waals surface area contributed by atoms with Gasteiger partial charge in [-0.3, -0.25) is 0 Å². The van der Waals surface area contributed by atoms with Crippen molar-refractivity contribution in [1.29, 1.82) is 0 Å². The summed E-state index contributed by atoms with van der Waals surface area (Å²) in [5.74, 6) is -1.06. The summed E-state index contributed by atoms with van der Waals surface area (Å²) in [7, 11) is 0. The lowest BCUT2D eigenvalue weighted by Gasteiger charge is -1.90. The fraction of sp³-hybridized carbons (Fsp3) is 0.125. The van der Waals surface area contributed by atoms with E-state index in [-0.39, 0.29) is 5.57 Å². The molecule has 60 valence electrons. The Morgan fingerprint density at radius 3 is 2.55 bits per heavy atom. The Morgan fingerprint density at radius 1 is 1.64 bits per heavy atom. The van der Waals surface area contributed by atoms with Crippen molar-refractivity contribution in [2.24, 2.45) is 0 Å². The Bertz CT molecular complexity index is 226. The fourth-order valence-corrected chi connectivity index (χ4v) is 0.693. The van der Waals surface area contributed by atoms with Crippen LogP contribution < -0.4 is 0 Å². The number of aliphatic carboxylic acids is 1. The molecule has 0 aliphatic rings. The van der Waals surface area contributed by atoms with E-state index in [1.165, 1.54) is 6.08 Å². The van der Waals surface area contributed by atoms with Crippen LogP contribution in [0.4, 0.5) is 0 Å². The first-order valence-electron chi connectivity index (χ1n) is 3.00. The van der Waals surface area contributed by atoms with Crippen molar-refractivity contribution < 1.29 is 9.90 Å². The van der Waals surface area contributed by atoms with Gasteiger partial charge in [0, 0.05) is 5.03 Å². The number of carboxylic acids is 1. The molecule has 0 saturated carbocycles. The molecule has 0 aliphatic heterocycles. The van der Waals surface area contributed by atoms with Crippen LogP contribution in [0.25, 0.3) is 0 Å². The number of carbonyl (C=O) groups is 1. The molecule has 0 rings (SSSR count). The molecule has 2 nitrogen and oxygen atoms in total. The van der Waals surface area contributed by atoms with Crippen molar-refractivity contribution in [1.82, 2.24) is 0 Å². The second-order valence-corrected chi connectivity index (χ2v) is 2.30. The first-order chi connectivity index (χ1) is 5.07. The highest BCUT2D eigenvalue weighted by molar-refractivity contribution is 6.31. The highest BCUT2D eigenvalue weighted by Gasteiger charge is 1.98. The van der Waals surface area contributed by atoms with Crippen LogP contribution in [0, 0.1) is 0 Å². The molecule has 0 saturated heterocycles. The van der Waals surface area contributed by atoms with Crippen LogP contribution in [0.3, 0.4) is 0 Å². The van der Waals surface area contributed by atoms with E-state index in [1.807, 2.05) is 0 Å². The summed E-state index contributed by atoms with van der Waals surface area (Å²) in [6.07, 6.45) is 4.60. The second kappa shape index (κ2) is 4.74. The van der Waals surface area contributed by atoms with Crippen LogP contribution >= 0.6 is 11.6 Å². The van der Waals surface area contributed by atoms with Crippen molar-refractivity contribution in [2.75, 3.05) is 0 Å². The molecule has 0 radical (unpaired) electrons. The lowest BCUT2D eigenvalue weighted by atomic mass is 10.3. The third-order valence-electron chi connectivity index (χ3n) is 0.913. The average Bonchev–Trinajstić information content (AvgIpc) is 1.87. The minimum Gasteiger partial charge on any atom is -0.478 e. The molecule has 0 aliphatic carbocycles. The van der Waals surface area contributed by atoms with Gasteiger partial charge < -0.3 is 5.11 Å². The molecule has 11 heavy (non-hydrogen) atoms. The molecule has 0 fully saturated rings. The van der Waals surface area contributed by atoms with Crippen LogP contribution in [0.5, 0.6) is 0 Å². The molecule has 0 heterocycles. The molecule has 0 amide bonds. The third kappa shape index (κ3) is 4.39. The topological polar surface area (TPSA) is 37.3 Å². The molecule has 0 spiro atoms. The number of rotatable bonds is 3. The lowest BCUT2D eigenvalue weighted by molar-refractivity contribution is -0.132. The number of hydrogen-bond acceptors (Lipinski definition) is 1. The summed E-state index contributed by atoms with van der Waals surface area (Å²) in [6.45, 7) is 5.07. The molecule has 0 bridgehead atoms. The Morgan fingerprint density at radius 2 is 2.18 bits per heavy atom. The Balaban J connectivity index is 4.31. The molecular formula is C8H9ClO2. The summed E-state index contributed by atoms with van der Waals surface area (Å²) >= 11 is 5.57. The van der Waals surface area contributed by atoms with Crippen LogP contribution in [-0.2, 0) is 4.79 Å². The molecule has 0 unspecified atom stereocenters. The molecule has 0 aromatic rings. The summed E-state index contributed by atoms with van der Waals surface area (Å²) in [6, 6.07) is 0. The van der Waals surface area contributed by atoms with Gasteiger partial charge in [0.1, 0.15) is 0 Å². The van der Waals surface area contributed by atoms with Gasteiger partial charge >= 0.3 is 5.97 Å². The smallest absolute Gasteiger partial charge is 0.335 e. The number of allylic oxidation sites excluding steroid dienone is 3. The van der Waals surface area contributed by atoms with Crippen molar-refractivity contribution in [3.63, 3.8) is 0 Å². The van der Waals surface area contributed by atoms with E-state index in [0.717, 1.165) is 0 Å². The summed E-state index contributed by atoms with van der Waals surface area (Å²) in [5, 5.41) is 8.73. The quantitative estimate of drug-likeness (QED) is 0.524. The van der Waals surface area contributed by atoms with E-state index in [9.17, 15) is 4.79 Å². The molecular weight excluding hydrogens is 164 g/mol. The standard InChI is InChI=1S/C8H9ClO2/c1-3-4-7(9)5-6(2)8(10)11/h3-5H,2H2,1H3,(H,10,11)/b4-3-,7-5+. The van der Waals surface area contributed by atoms with Crippen molar-refractivity contribution in [2.45, 2.75) is 6.92 Å². The molecule has 0 atom stereocenters. The summed E-state index contributed by atoms with van der Waals surface area (Å²) in [4.78, 5) is 10.2. The van der Waals surface area contributed by atoms with Crippen molar-refractivity contribution in [3.8, 4) is 0 Å². The van der Waals surface area contributed by atoms with E-state index in [2.05, 4.69) is 6.58 Å². The van der Waals surface area contributed by atoms with E-state index < -0.39 is 5.97 Å². The Labute approximate surface area is 70.5 Å². The molecule has 3 heteroatoms. The van der Waals surface area contributed by atoms with Crippen molar-refractivity contribution >= 4 is 17.6 Å². The van der Waals surface area contributed by atoms with Gasteiger partial charge in [-0.15, -0.1) is 0 Å². The first kappa shape index (κ1) is 9.98. The highest BCUT2D eigenvalue weighted by Crippen LogP contribution is 2.06. The van der Waals surface area contributed by atoms with Gasteiger partial charge in [-0.2, -0.15) is 0 Å². The zero-order valence-electron chi connectivity index (χ0n) is 6.17. The Kier molecular flexibility index (Phi) is 4.30. The maximum absolute atomic E-state index is 10.2. The molecule has 0 aromatic carbocycles. The van der Waals surface area contributed by atoms with E-state index in [1.54, 1.807) is 19.1 Å². The fourth-order valence-electron chi connectivity index (χ4n) is 0.436. The highest BCUT2D eigenvalue weighted by atomic mass is 35.5. The minimum absolute atomic E-state index is 0.0203. The van der Waals surface area contributed by atoms with E-state index >= 15 is 0 Å². The monoisotopic (exact) mass is 172 g/mol. The number of carboxylic acid groups (broad SMARTS) is 1. The predicted molar refractivity (Wildman–Crippen MR) is 45.5 cm³/mol. The minimum atomic E-state index is -1.06. The van der Waals surface area contributed by atoms with E-state index in [0.29, 0.717) is 5.03 Å². The van der Waals surface area contributed by atoms with Crippen LogP contribution in [0.1, 0.15) is 6.92 Å². The predicted octanol–water partition coefficient (Wildman–Crippen LogP) is 2.33. The second-order valence-electron chi connectivity index (χ2n) is 1.86. The summed E-state index contributed by atoms with van der Waals surface area (Å²) < 4.78 is 0. The first-order valence-corrected chi connectivity index (χ1v) is 3.37. The van der Waals surface area contributed by atoms with Gasteiger partial charge in [0.05, 0.1) is 5.57 Å². The average molecular weight is 173 g/mol. The normalized spacial score (nSPS) is 12.0. The van der Waals surface area contributed by atoms with Crippen LogP contribution in [0.15, 0.2) is 35.4 Å². The Hall–Kier alpha value is -1.02. The van der Waals surface area contributed by atoms with Crippen molar-refractivity contribution in [3.05, 3.63) is 35.4 Å². The van der Waals surface area contributed by atoms with Gasteiger partial charge in [-0.05, 0) is 19.1 Å². The zero-order valence-corrected chi connectivity index (χ0v) is 6.93.